The van der Waals surface area contributed by atoms with Crippen LogP contribution in [0.15, 0.2) is 0 Å². The highest BCUT2D eigenvalue weighted by molar-refractivity contribution is 5.84. The highest BCUT2D eigenvalue weighted by Gasteiger charge is 2.46. The summed E-state index contributed by atoms with van der Waals surface area (Å²) in [5, 5.41) is 9.37. The average Bonchev–Trinajstić information content (AvgIpc) is 2.28. The van der Waals surface area contributed by atoms with E-state index in [1.165, 1.54) is 0 Å². The molecule has 5 nitrogen and oxygen atoms in total. The van der Waals surface area contributed by atoms with Crippen molar-refractivity contribution in [2.75, 3.05) is 32.8 Å². The van der Waals surface area contributed by atoms with Crippen LogP contribution >= 0.6 is 0 Å². The van der Waals surface area contributed by atoms with Crippen molar-refractivity contribution in [3.05, 3.63) is 0 Å². The average molecular weight is 240 g/mol. The lowest BCUT2D eigenvalue weighted by Gasteiger charge is -2.44. The second-order valence-electron chi connectivity index (χ2n) is 5.09. The summed E-state index contributed by atoms with van der Waals surface area (Å²) in [6, 6.07) is 0. The molecule has 0 spiro atoms. The molecule has 1 saturated carbocycles. The first-order chi connectivity index (χ1) is 8.09. The molecule has 0 radical (unpaired) electrons. The van der Waals surface area contributed by atoms with Crippen molar-refractivity contribution in [3.63, 3.8) is 0 Å². The number of carbonyl (C=O) groups is 2. The van der Waals surface area contributed by atoms with E-state index in [4.69, 9.17) is 0 Å². The Balaban J connectivity index is 1.92. The van der Waals surface area contributed by atoms with Crippen LogP contribution < -0.4 is 0 Å². The van der Waals surface area contributed by atoms with Gasteiger partial charge in [0.05, 0.1) is 12.0 Å². The third kappa shape index (κ3) is 2.16. The Kier molecular flexibility index (Phi) is 3.38. The molecule has 5 heteroatoms. The molecule has 1 heterocycles. The molecule has 1 N–H and O–H groups in total. The fourth-order valence-corrected chi connectivity index (χ4v) is 2.60. The van der Waals surface area contributed by atoms with E-state index in [0.29, 0.717) is 26.2 Å². The molecule has 0 aromatic rings. The number of aliphatic hydroxyl groups excluding tert-OH is 1. The van der Waals surface area contributed by atoms with Crippen molar-refractivity contribution in [2.45, 2.75) is 26.2 Å². The maximum Gasteiger partial charge on any atom is 0.231 e. The molecular formula is C12H20N2O3. The summed E-state index contributed by atoms with van der Waals surface area (Å²) < 4.78 is 0. The van der Waals surface area contributed by atoms with E-state index in [-0.39, 0.29) is 18.4 Å². The monoisotopic (exact) mass is 240 g/mol. The summed E-state index contributed by atoms with van der Waals surface area (Å²) in [6.07, 6.45) is 2.63. The predicted octanol–water partition coefficient (Wildman–Crippen LogP) is -0.160. The Labute approximate surface area is 101 Å². The molecule has 17 heavy (non-hydrogen) atoms. The summed E-state index contributed by atoms with van der Waals surface area (Å²) in [4.78, 5) is 27.0. The van der Waals surface area contributed by atoms with Crippen LogP contribution in [0, 0.1) is 5.41 Å². The van der Waals surface area contributed by atoms with Crippen LogP contribution in [0.3, 0.4) is 0 Å². The molecule has 0 aromatic heterocycles. The fourth-order valence-electron chi connectivity index (χ4n) is 2.60. The lowest BCUT2D eigenvalue weighted by atomic mass is 9.68. The topological polar surface area (TPSA) is 60.9 Å². The Morgan fingerprint density at radius 1 is 1.12 bits per heavy atom. The SMILES string of the molecule is CC(=O)N1CCN(C(=O)C2(CO)CCC2)CC1. The normalized spacial score (nSPS) is 23.2. The zero-order chi connectivity index (χ0) is 12.5. The van der Waals surface area contributed by atoms with E-state index >= 15 is 0 Å². The third-order valence-corrected chi connectivity index (χ3v) is 4.08. The van der Waals surface area contributed by atoms with Gasteiger partial charge in [-0.1, -0.05) is 6.42 Å². The number of hydrogen-bond donors (Lipinski definition) is 1. The van der Waals surface area contributed by atoms with Gasteiger partial charge in [-0.15, -0.1) is 0 Å². The van der Waals surface area contributed by atoms with Gasteiger partial charge in [0.2, 0.25) is 11.8 Å². The lowest BCUT2D eigenvalue weighted by Crippen LogP contribution is -2.56. The molecule has 2 aliphatic rings. The van der Waals surface area contributed by atoms with E-state index < -0.39 is 5.41 Å². The molecule has 1 aliphatic carbocycles. The zero-order valence-corrected chi connectivity index (χ0v) is 10.3. The molecule has 2 rings (SSSR count). The van der Waals surface area contributed by atoms with E-state index in [2.05, 4.69) is 0 Å². The van der Waals surface area contributed by atoms with Gasteiger partial charge in [-0.3, -0.25) is 9.59 Å². The number of nitrogens with zero attached hydrogens (tertiary/aromatic N) is 2. The summed E-state index contributed by atoms with van der Waals surface area (Å²) in [5.74, 6) is 0.145. The molecule has 0 atom stereocenters. The number of piperazine rings is 1. The first-order valence-corrected chi connectivity index (χ1v) is 6.25. The number of amides is 2. The molecule has 0 bridgehead atoms. The standard InChI is InChI=1S/C12H20N2O3/c1-10(16)13-5-7-14(8-6-13)11(17)12(9-15)3-2-4-12/h15H,2-9H2,1H3. The number of rotatable bonds is 2. The van der Waals surface area contributed by atoms with Crippen LogP contribution in [-0.2, 0) is 9.59 Å². The van der Waals surface area contributed by atoms with Gasteiger partial charge in [0.15, 0.2) is 0 Å². The van der Waals surface area contributed by atoms with Crippen LogP contribution in [-0.4, -0.2) is 59.5 Å². The summed E-state index contributed by atoms with van der Waals surface area (Å²) in [7, 11) is 0. The van der Waals surface area contributed by atoms with Crippen LogP contribution in [0.4, 0.5) is 0 Å². The highest BCUT2D eigenvalue weighted by Crippen LogP contribution is 2.42. The van der Waals surface area contributed by atoms with Gasteiger partial charge in [-0.05, 0) is 12.8 Å². The zero-order valence-electron chi connectivity index (χ0n) is 10.3. The first-order valence-electron chi connectivity index (χ1n) is 6.25. The Hall–Kier alpha value is -1.10. The minimum absolute atomic E-state index is 0.0429. The van der Waals surface area contributed by atoms with Gasteiger partial charge in [-0.2, -0.15) is 0 Å². The largest absolute Gasteiger partial charge is 0.395 e. The molecular weight excluding hydrogens is 220 g/mol. The molecule has 0 unspecified atom stereocenters. The molecule has 2 fully saturated rings. The second-order valence-corrected chi connectivity index (χ2v) is 5.09. The minimum atomic E-state index is -0.502. The second kappa shape index (κ2) is 4.64. The van der Waals surface area contributed by atoms with E-state index in [9.17, 15) is 14.7 Å². The maximum atomic E-state index is 12.3. The first kappa shape index (κ1) is 12.4. The molecule has 96 valence electrons. The third-order valence-electron chi connectivity index (χ3n) is 4.08. The number of hydrogen-bond acceptors (Lipinski definition) is 3. The highest BCUT2D eigenvalue weighted by atomic mass is 16.3. The Morgan fingerprint density at radius 3 is 2.00 bits per heavy atom. The van der Waals surface area contributed by atoms with Gasteiger partial charge in [0.25, 0.3) is 0 Å². The van der Waals surface area contributed by atoms with Gasteiger partial charge in [0.1, 0.15) is 0 Å². The van der Waals surface area contributed by atoms with Gasteiger partial charge < -0.3 is 14.9 Å². The van der Waals surface area contributed by atoms with Crippen molar-refractivity contribution >= 4 is 11.8 Å². The van der Waals surface area contributed by atoms with E-state index in [0.717, 1.165) is 19.3 Å². The van der Waals surface area contributed by atoms with Crippen LogP contribution in [0.25, 0.3) is 0 Å². The number of aliphatic hydroxyl groups is 1. The van der Waals surface area contributed by atoms with Crippen LogP contribution in [0.5, 0.6) is 0 Å². The van der Waals surface area contributed by atoms with Crippen LogP contribution in [0.2, 0.25) is 0 Å². The van der Waals surface area contributed by atoms with Crippen LogP contribution in [0.1, 0.15) is 26.2 Å². The van der Waals surface area contributed by atoms with Crippen molar-refractivity contribution in [2.24, 2.45) is 5.41 Å². The van der Waals surface area contributed by atoms with Gasteiger partial charge in [0, 0.05) is 33.1 Å². The summed E-state index contributed by atoms with van der Waals surface area (Å²) in [6.45, 7) is 3.93. The molecule has 1 saturated heterocycles. The Bertz CT molecular complexity index is 312. The van der Waals surface area contributed by atoms with Crippen molar-refractivity contribution < 1.29 is 14.7 Å². The van der Waals surface area contributed by atoms with Gasteiger partial charge in [-0.25, -0.2) is 0 Å². The predicted molar refractivity (Wildman–Crippen MR) is 62.2 cm³/mol. The lowest BCUT2D eigenvalue weighted by molar-refractivity contribution is -0.154. The van der Waals surface area contributed by atoms with E-state index in [1.54, 1.807) is 16.7 Å². The van der Waals surface area contributed by atoms with Gasteiger partial charge >= 0.3 is 0 Å². The Morgan fingerprint density at radius 2 is 1.65 bits per heavy atom. The summed E-state index contributed by atoms with van der Waals surface area (Å²) >= 11 is 0. The minimum Gasteiger partial charge on any atom is -0.395 e. The molecule has 0 aromatic carbocycles. The molecule has 2 amide bonds. The summed E-state index contributed by atoms with van der Waals surface area (Å²) in [5.41, 5.74) is -0.502. The van der Waals surface area contributed by atoms with Crippen molar-refractivity contribution in [1.82, 2.24) is 9.80 Å². The number of carbonyl (C=O) groups excluding carboxylic acids is 2. The van der Waals surface area contributed by atoms with Crippen molar-refractivity contribution in [1.29, 1.82) is 0 Å². The van der Waals surface area contributed by atoms with E-state index in [1.807, 2.05) is 0 Å². The van der Waals surface area contributed by atoms with Crippen molar-refractivity contribution in [3.8, 4) is 0 Å². The maximum absolute atomic E-state index is 12.3. The fraction of sp³-hybridized carbons (Fsp3) is 0.833. The smallest absolute Gasteiger partial charge is 0.231 e. The molecule has 1 aliphatic heterocycles. The quantitative estimate of drug-likeness (QED) is 0.729.